The number of anilines is 2. The molecule has 0 fully saturated rings. The zero-order chi connectivity index (χ0) is 19.7. The first-order valence-electron chi connectivity index (χ1n) is 8.45. The summed E-state index contributed by atoms with van der Waals surface area (Å²) in [4.78, 5) is 8.77. The van der Waals surface area contributed by atoms with Crippen LogP contribution in [0.15, 0.2) is 47.6 Å². The predicted octanol–water partition coefficient (Wildman–Crippen LogP) is 1.21. The highest BCUT2D eigenvalue weighted by Gasteiger charge is 2.14. The Balaban J connectivity index is 1.60. The van der Waals surface area contributed by atoms with Crippen molar-refractivity contribution >= 4 is 33.1 Å². The highest BCUT2D eigenvalue weighted by atomic mass is 79.9. The van der Waals surface area contributed by atoms with Crippen molar-refractivity contribution in [3.8, 4) is 11.3 Å². The van der Waals surface area contributed by atoms with Crippen LogP contribution in [-0.2, 0) is 13.1 Å². The lowest BCUT2D eigenvalue weighted by molar-refractivity contribution is 0.269. The number of pyridine rings is 1. The molecule has 0 bridgehead atoms. The maximum absolute atomic E-state index is 9.03. The van der Waals surface area contributed by atoms with E-state index in [1.54, 1.807) is 34.0 Å². The van der Waals surface area contributed by atoms with Crippen LogP contribution in [0.5, 0.6) is 0 Å². The first-order chi connectivity index (χ1) is 13.5. The molecule has 10 nitrogen and oxygen atoms in total. The van der Waals surface area contributed by atoms with Gasteiger partial charge in [0.25, 0.3) is 0 Å². The molecule has 0 aromatic carbocycles. The molecule has 11 heteroatoms. The lowest BCUT2D eigenvalue weighted by atomic mass is 10.2. The Morgan fingerprint density at radius 2 is 2.07 bits per heavy atom. The Bertz CT molecular complexity index is 1120. The second-order valence-corrected chi connectivity index (χ2v) is 7.02. The summed E-state index contributed by atoms with van der Waals surface area (Å²) in [6.07, 6.45) is 8.62. The molecule has 0 unspecified atom stereocenters. The number of fused-ring (bicyclic) bond motifs is 1. The zero-order valence-corrected chi connectivity index (χ0v) is 16.4. The summed E-state index contributed by atoms with van der Waals surface area (Å²) < 4.78 is 4.30. The molecule has 0 amide bonds. The zero-order valence-electron chi connectivity index (χ0n) is 14.8. The molecule has 144 valence electrons. The molecular formula is C17H18BrN9O. The van der Waals surface area contributed by atoms with Gasteiger partial charge in [0.1, 0.15) is 0 Å². The number of aliphatic hydroxyl groups excluding tert-OH is 1. The number of hydrogen-bond donors (Lipinski definition) is 3. The van der Waals surface area contributed by atoms with Crippen molar-refractivity contribution in [2.24, 2.45) is 5.84 Å². The number of aliphatic hydroxyl groups is 1. The molecule has 0 saturated carbocycles. The van der Waals surface area contributed by atoms with E-state index in [4.69, 9.17) is 16.7 Å². The van der Waals surface area contributed by atoms with Crippen molar-refractivity contribution in [1.82, 2.24) is 29.4 Å². The SMILES string of the molecule is Nc1ncc(-c2cnn(CCO)c2)nc1N(N)Cc1ccn2ncc(Br)c2c1. The Kier molecular flexibility index (Phi) is 4.94. The van der Waals surface area contributed by atoms with Gasteiger partial charge in [-0.25, -0.2) is 20.3 Å². The summed E-state index contributed by atoms with van der Waals surface area (Å²) in [6, 6.07) is 3.92. The second kappa shape index (κ2) is 7.54. The normalized spacial score (nSPS) is 11.2. The second-order valence-electron chi connectivity index (χ2n) is 6.16. The Labute approximate surface area is 168 Å². The smallest absolute Gasteiger partial charge is 0.186 e. The van der Waals surface area contributed by atoms with E-state index < -0.39 is 0 Å². The van der Waals surface area contributed by atoms with Crippen molar-refractivity contribution < 1.29 is 5.11 Å². The van der Waals surface area contributed by atoms with Gasteiger partial charge in [0.05, 0.1) is 54.0 Å². The molecule has 0 saturated heterocycles. The van der Waals surface area contributed by atoms with Crippen LogP contribution in [0.2, 0.25) is 0 Å². The van der Waals surface area contributed by atoms with Gasteiger partial charge in [-0.3, -0.25) is 9.69 Å². The lowest BCUT2D eigenvalue weighted by Gasteiger charge is -2.19. The number of nitrogens with two attached hydrogens (primary N) is 2. The van der Waals surface area contributed by atoms with E-state index in [1.807, 2.05) is 18.3 Å². The monoisotopic (exact) mass is 443 g/mol. The van der Waals surface area contributed by atoms with E-state index in [0.717, 1.165) is 21.1 Å². The fourth-order valence-electron chi connectivity index (χ4n) is 2.82. The first-order valence-corrected chi connectivity index (χ1v) is 9.24. The number of nitrogens with zero attached hydrogens (tertiary/aromatic N) is 7. The first kappa shape index (κ1) is 18.3. The Morgan fingerprint density at radius 3 is 2.89 bits per heavy atom. The van der Waals surface area contributed by atoms with Gasteiger partial charge in [-0.05, 0) is 33.6 Å². The van der Waals surface area contributed by atoms with Gasteiger partial charge in [-0.15, -0.1) is 0 Å². The van der Waals surface area contributed by atoms with Gasteiger partial charge in [-0.2, -0.15) is 10.2 Å². The van der Waals surface area contributed by atoms with Crippen LogP contribution < -0.4 is 16.6 Å². The van der Waals surface area contributed by atoms with E-state index in [2.05, 4.69) is 36.1 Å². The number of aromatic nitrogens is 6. The van der Waals surface area contributed by atoms with Crippen LogP contribution in [0.25, 0.3) is 16.8 Å². The number of halogens is 1. The topological polar surface area (TPSA) is 136 Å². The molecule has 0 aliphatic rings. The fraction of sp³-hybridized carbons (Fsp3) is 0.176. The number of hydrazine groups is 1. The van der Waals surface area contributed by atoms with Crippen molar-refractivity contribution in [1.29, 1.82) is 0 Å². The van der Waals surface area contributed by atoms with Gasteiger partial charge >= 0.3 is 0 Å². The summed E-state index contributed by atoms with van der Waals surface area (Å²) in [7, 11) is 0. The minimum atomic E-state index is 0.00795. The maximum Gasteiger partial charge on any atom is 0.186 e. The minimum absolute atomic E-state index is 0.00795. The summed E-state index contributed by atoms with van der Waals surface area (Å²) >= 11 is 3.48. The molecule has 4 rings (SSSR count). The van der Waals surface area contributed by atoms with Crippen LogP contribution in [0, 0.1) is 0 Å². The largest absolute Gasteiger partial charge is 0.394 e. The number of rotatable bonds is 6. The molecule has 4 aromatic heterocycles. The average molecular weight is 444 g/mol. The average Bonchev–Trinajstić information content (AvgIpc) is 3.30. The molecule has 4 aromatic rings. The van der Waals surface area contributed by atoms with Crippen LogP contribution in [0.1, 0.15) is 5.56 Å². The van der Waals surface area contributed by atoms with Crippen molar-refractivity contribution in [2.75, 3.05) is 17.3 Å². The molecule has 4 heterocycles. The summed E-state index contributed by atoms with van der Waals surface area (Å²) in [5, 5.41) is 18.9. The third kappa shape index (κ3) is 3.54. The van der Waals surface area contributed by atoms with Crippen molar-refractivity contribution in [3.05, 3.63) is 53.2 Å². The summed E-state index contributed by atoms with van der Waals surface area (Å²) in [5.41, 5.74) is 9.27. The summed E-state index contributed by atoms with van der Waals surface area (Å²) in [5.74, 6) is 6.86. The van der Waals surface area contributed by atoms with Gasteiger partial charge in [0.2, 0.25) is 0 Å². The predicted molar refractivity (Wildman–Crippen MR) is 108 cm³/mol. The number of hydrogen-bond acceptors (Lipinski definition) is 8. The Morgan fingerprint density at radius 1 is 1.21 bits per heavy atom. The summed E-state index contributed by atoms with van der Waals surface area (Å²) in [6.45, 7) is 0.805. The van der Waals surface area contributed by atoms with Crippen LogP contribution in [0.4, 0.5) is 11.6 Å². The Hall–Kier alpha value is -3.02. The van der Waals surface area contributed by atoms with Gasteiger partial charge in [0.15, 0.2) is 11.6 Å². The number of nitrogen functional groups attached to an aromatic ring is 1. The molecule has 0 spiro atoms. The molecule has 0 atom stereocenters. The highest BCUT2D eigenvalue weighted by molar-refractivity contribution is 9.10. The van der Waals surface area contributed by atoms with Crippen LogP contribution in [0.3, 0.4) is 0 Å². The fourth-order valence-corrected chi connectivity index (χ4v) is 3.21. The quantitative estimate of drug-likeness (QED) is 0.298. The van der Waals surface area contributed by atoms with E-state index in [1.165, 1.54) is 5.01 Å². The van der Waals surface area contributed by atoms with Gasteiger partial charge in [-0.1, -0.05) is 0 Å². The van der Waals surface area contributed by atoms with E-state index in [9.17, 15) is 0 Å². The van der Waals surface area contributed by atoms with E-state index >= 15 is 0 Å². The third-order valence-electron chi connectivity index (χ3n) is 4.20. The van der Waals surface area contributed by atoms with Gasteiger partial charge in [0, 0.05) is 18.0 Å². The molecule has 28 heavy (non-hydrogen) atoms. The molecule has 0 radical (unpaired) electrons. The van der Waals surface area contributed by atoms with Crippen molar-refractivity contribution in [2.45, 2.75) is 13.1 Å². The van der Waals surface area contributed by atoms with Crippen LogP contribution in [-0.4, -0.2) is 41.1 Å². The van der Waals surface area contributed by atoms with Gasteiger partial charge < -0.3 is 10.8 Å². The lowest BCUT2D eigenvalue weighted by Crippen LogP contribution is -2.32. The van der Waals surface area contributed by atoms with Crippen LogP contribution >= 0.6 is 15.9 Å². The van der Waals surface area contributed by atoms with Crippen molar-refractivity contribution in [3.63, 3.8) is 0 Å². The maximum atomic E-state index is 9.03. The molecule has 0 aliphatic heterocycles. The minimum Gasteiger partial charge on any atom is -0.394 e. The van der Waals surface area contributed by atoms with E-state index in [0.29, 0.717) is 24.6 Å². The third-order valence-corrected chi connectivity index (χ3v) is 4.81. The molecule has 0 aliphatic carbocycles. The highest BCUT2D eigenvalue weighted by Crippen LogP contribution is 2.24. The van der Waals surface area contributed by atoms with E-state index in [-0.39, 0.29) is 12.4 Å². The molecule has 5 N–H and O–H groups in total. The molecular weight excluding hydrogens is 426 g/mol. The standard InChI is InChI=1S/C17H18BrN9O/c18-13-7-23-27-2-1-11(5-15(13)27)9-26(20)17-16(19)21-8-14(24-17)12-6-22-25(10-12)3-4-28/h1-2,5-8,10,28H,3-4,9,20H2,(H2,19,21).